The van der Waals surface area contributed by atoms with E-state index in [1.807, 2.05) is 6.07 Å². The number of benzene rings is 1. The van der Waals surface area contributed by atoms with Crippen molar-refractivity contribution >= 4 is 5.69 Å². The molecule has 16 heavy (non-hydrogen) atoms. The Labute approximate surface area is 97.2 Å². The Morgan fingerprint density at radius 1 is 1.38 bits per heavy atom. The topological polar surface area (TPSA) is 38.5 Å². The van der Waals surface area contributed by atoms with Crippen LogP contribution in [0.15, 0.2) is 24.3 Å². The van der Waals surface area contributed by atoms with E-state index in [4.69, 9.17) is 10.5 Å². The number of hydrogen-bond donors (Lipinski definition) is 1. The maximum absolute atomic E-state index is 5.78. The summed E-state index contributed by atoms with van der Waals surface area (Å²) in [6, 6.07) is 9.10. The van der Waals surface area contributed by atoms with E-state index in [0.29, 0.717) is 12.6 Å². The summed E-state index contributed by atoms with van der Waals surface area (Å²) < 4.78 is 5.17. The maximum Gasteiger partial charge on any atom is 0.0637 e. The van der Waals surface area contributed by atoms with E-state index in [2.05, 4.69) is 23.1 Å². The number of nitrogens with zero attached hydrogens (tertiary/aromatic N) is 1. The summed E-state index contributed by atoms with van der Waals surface area (Å²) in [6.07, 6.45) is 2.59. The number of hydrogen-bond acceptors (Lipinski definition) is 3. The first-order valence-corrected chi connectivity index (χ1v) is 5.90. The average molecular weight is 220 g/mol. The van der Waals surface area contributed by atoms with Gasteiger partial charge in [-0.3, -0.25) is 0 Å². The lowest BCUT2D eigenvalue weighted by molar-refractivity contribution is 0.205. The summed E-state index contributed by atoms with van der Waals surface area (Å²) in [5.74, 6) is 0. The molecule has 0 saturated heterocycles. The van der Waals surface area contributed by atoms with Crippen LogP contribution in [0.5, 0.6) is 0 Å². The molecule has 3 heteroatoms. The lowest BCUT2D eigenvalue weighted by Crippen LogP contribution is -2.30. The van der Waals surface area contributed by atoms with E-state index in [1.54, 1.807) is 7.11 Å². The van der Waals surface area contributed by atoms with Crippen LogP contribution in [0.25, 0.3) is 0 Å². The predicted molar refractivity (Wildman–Crippen MR) is 66.6 cm³/mol. The zero-order chi connectivity index (χ0) is 11.4. The van der Waals surface area contributed by atoms with E-state index < -0.39 is 0 Å². The van der Waals surface area contributed by atoms with Crippen LogP contribution in [0.3, 0.4) is 0 Å². The van der Waals surface area contributed by atoms with Gasteiger partial charge in [-0.05, 0) is 24.5 Å². The number of para-hydroxylation sites is 1. The van der Waals surface area contributed by atoms with E-state index in [1.165, 1.54) is 24.1 Å². The van der Waals surface area contributed by atoms with Gasteiger partial charge in [0.25, 0.3) is 0 Å². The van der Waals surface area contributed by atoms with Crippen LogP contribution in [0.2, 0.25) is 0 Å². The second-order valence-corrected chi connectivity index (χ2v) is 4.25. The van der Waals surface area contributed by atoms with Gasteiger partial charge in [0.05, 0.1) is 6.61 Å². The van der Waals surface area contributed by atoms with Crippen LogP contribution >= 0.6 is 0 Å². The minimum atomic E-state index is 0.604. The fourth-order valence-electron chi connectivity index (χ4n) is 2.04. The summed E-state index contributed by atoms with van der Waals surface area (Å²) in [6.45, 7) is 2.33. The SMILES string of the molecule is COCCN(c1ccccc1CN)C1CC1. The molecule has 0 bridgehead atoms. The number of methoxy groups -OCH3 is 1. The second-order valence-electron chi connectivity index (χ2n) is 4.25. The predicted octanol–water partition coefficient (Wildman–Crippen LogP) is 1.76. The standard InChI is InChI=1S/C13H20N2O/c1-16-9-8-15(12-6-7-12)13-5-3-2-4-11(13)10-14/h2-5,12H,6-10,14H2,1H3. The van der Waals surface area contributed by atoms with Gasteiger partial charge in [0.2, 0.25) is 0 Å². The smallest absolute Gasteiger partial charge is 0.0637 e. The van der Waals surface area contributed by atoms with E-state index in [-0.39, 0.29) is 0 Å². The molecule has 88 valence electrons. The van der Waals surface area contributed by atoms with Crippen molar-refractivity contribution in [2.45, 2.75) is 25.4 Å². The first-order chi connectivity index (χ1) is 7.86. The van der Waals surface area contributed by atoms with Crippen molar-refractivity contribution in [3.8, 4) is 0 Å². The summed E-state index contributed by atoms with van der Waals surface area (Å²) >= 11 is 0. The van der Waals surface area contributed by atoms with Crippen LogP contribution in [-0.2, 0) is 11.3 Å². The molecule has 1 aromatic carbocycles. The lowest BCUT2D eigenvalue weighted by atomic mass is 10.1. The van der Waals surface area contributed by atoms with Crippen molar-refractivity contribution in [1.82, 2.24) is 0 Å². The van der Waals surface area contributed by atoms with Crippen LogP contribution in [0, 0.1) is 0 Å². The van der Waals surface area contributed by atoms with E-state index in [0.717, 1.165) is 13.2 Å². The van der Waals surface area contributed by atoms with Crippen molar-refractivity contribution < 1.29 is 4.74 Å². The van der Waals surface area contributed by atoms with Gasteiger partial charge in [0.1, 0.15) is 0 Å². The highest BCUT2D eigenvalue weighted by Crippen LogP contribution is 2.33. The molecule has 0 unspecified atom stereocenters. The molecule has 2 N–H and O–H groups in total. The molecule has 0 aromatic heterocycles. The minimum absolute atomic E-state index is 0.604. The first kappa shape index (κ1) is 11.4. The highest BCUT2D eigenvalue weighted by molar-refractivity contribution is 5.55. The van der Waals surface area contributed by atoms with Crippen LogP contribution in [-0.4, -0.2) is 26.3 Å². The third-order valence-corrected chi connectivity index (χ3v) is 3.04. The van der Waals surface area contributed by atoms with E-state index >= 15 is 0 Å². The van der Waals surface area contributed by atoms with Crippen molar-refractivity contribution in [1.29, 1.82) is 0 Å². The van der Waals surface area contributed by atoms with Gasteiger partial charge in [0.15, 0.2) is 0 Å². The summed E-state index contributed by atoms with van der Waals surface area (Å²) in [5, 5.41) is 0. The molecule has 0 heterocycles. The summed E-state index contributed by atoms with van der Waals surface area (Å²) in [4.78, 5) is 2.44. The summed E-state index contributed by atoms with van der Waals surface area (Å²) in [7, 11) is 1.75. The van der Waals surface area contributed by atoms with Gasteiger partial charge in [-0.1, -0.05) is 18.2 Å². The normalized spacial score (nSPS) is 15.1. The molecule has 1 saturated carbocycles. The van der Waals surface area contributed by atoms with Crippen LogP contribution < -0.4 is 10.6 Å². The molecule has 3 nitrogen and oxygen atoms in total. The maximum atomic E-state index is 5.78. The monoisotopic (exact) mass is 220 g/mol. The molecule has 1 fully saturated rings. The molecule has 1 aliphatic carbocycles. The number of nitrogens with two attached hydrogens (primary N) is 1. The van der Waals surface area contributed by atoms with Gasteiger partial charge in [-0.15, -0.1) is 0 Å². The zero-order valence-corrected chi connectivity index (χ0v) is 9.86. The largest absolute Gasteiger partial charge is 0.383 e. The number of rotatable bonds is 6. The quantitative estimate of drug-likeness (QED) is 0.794. The van der Waals surface area contributed by atoms with Crippen LogP contribution in [0.4, 0.5) is 5.69 Å². The molecule has 0 aliphatic heterocycles. The number of ether oxygens (including phenoxy) is 1. The molecular formula is C13H20N2O. The third kappa shape index (κ3) is 2.54. The molecular weight excluding hydrogens is 200 g/mol. The van der Waals surface area contributed by atoms with Crippen molar-refractivity contribution in [3.63, 3.8) is 0 Å². The van der Waals surface area contributed by atoms with Gasteiger partial charge in [0, 0.05) is 31.9 Å². The zero-order valence-electron chi connectivity index (χ0n) is 9.86. The van der Waals surface area contributed by atoms with Gasteiger partial charge < -0.3 is 15.4 Å². The molecule has 0 atom stereocenters. The minimum Gasteiger partial charge on any atom is -0.383 e. The van der Waals surface area contributed by atoms with Crippen molar-refractivity contribution in [2.75, 3.05) is 25.2 Å². The highest BCUT2D eigenvalue weighted by atomic mass is 16.5. The average Bonchev–Trinajstić information content (AvgIpc) is 3.14. The second kappa shape index (κ2) is 5.32. The Morgan fingerprint density at radius 2 is 2.12 bits per heavy atom. The van der Waals surface area contributed by atoms with Gasteiger partial charge >= 0.3 is 0 Å². The summed E-state index contributed by atoms with van der Waals surface area (Å²) in [5.41, 5.74) is 8.29. The Morgan fingerprint density at radius 3 is 2.75 bits per heavy atom. The molecule has 0 amide bonds. The molecule has 0 spiro atoms. The fraction of sp³-hybridized carbons (Fsp3) is 0.538. The third-order valence-electron chi connectivity index (χ3n) is 3.04. The van der Waals surface area contributed by atoms with Crippen molar-refractivity contribution in [3.05, 3.63) is 29.8 Å². The molecule has 1 aliphatic rings. The fourth-order valence-corrected chi connectivity index (χ4v) is 2.04. The van der Waals surface area contributed by atoms with Crippen molar-refractivity contribution in [2.24, 2.45) is 5.73 Å². The molecule has 1 aromatic rings. The number of anilines is 1. The van der Waals surface area contributed by atoms with Gasteiger partial charge in [-0.25, -0.2) is 0 Å². The Hall–Kier alpha value is -1.06. The Kier molecular flexibility index (Phi) is 3.80. The van der Waals surface area contributed by atoms with Gasteiger partial charge in [-0.2, -0.15) is 0 Å². The molecule has 0 radical (unpaired) electrons. The molecule has 2 rings (SSSR count). The Bertz CT molecular complexity index is 336. The lowest BCUT2D eigenvalue weighted by Gasteiger charge is -2.26. The highest BCUT2D eigenvalue weighted by Gasteiger charge is 2.29. The van der Waals surface area contributed by atoms with Crippen LogP contribution in [0.1, 0.15) is 18.4 Å². The van der Waals surface area contributed by atoms with E-state index in [9.17, 15) is 0 Å². The Balaban J connectivity index is 2.16. The first-order valence-electron chi connectivity index (χ1n) is 5.90.